The lowest BCUT2D eigenvalue weighted by molar-refractivity contribution is -0.384. The van der Waals surface area contributed by atoms with Gasteiger partial charge in [0.25, 0.3) is 5.69 Å². The fraction of sp³-hybridized carbons (Fsp3) is 0.393. The van der Waals surface area contributed by atoms with Crippen LogP contribution in [0.2, 0.25) is 0 Å². The Labute approximate surface area is 215 Å². The highest BCUT2D eigenvalue weighted by molar-refractivity contribution is 6.07. The number of non-ortho nitro benzene ring substituents is 1. The Balaban J connectivity index is 1.62. The normalized spacial score (nSPS) is 22.2. The number of nitrogens with zero attached hydrogens (tertiary/aromatic N) is 3. The van der Waals surface area contributed by atoms with Crippen LogP contribution in [0, 0.1) is 16.0 Å². The van der Waals surface area contributed by atoms with Gasteiger partial charge in [0.05, 0.1) is 17.6 Å². The van der Waals surface area contributed by atoms with Gasteiger partial charge in [0.2, 0.25) is 0 Å². The third-order valence-electron chi connectivity index (χ3n) is 6.93. The fourth-order valence-corrected chi connectivity index (χ4v) is 5.24. The molecule has 2 unspecified atom stereocenters. The average molecular weight is 506 g/mol. The zero-order valence-electron chi connectivity index (χ0n) is 21.3. The van der Waals surface area contributed by atoms with E-state index >= 15 is 0 Å². The zero-order chi connectivity index (χ0) is 26.5. The molecule has 3 atom stereocenters. The molecule has 2 aromatic carbocycles. The number of ether oxygens (including phenoxy) is 2. The quantitative estimate of drug-likeness (QED) is 0.311. The van der Waals surface area contributed by atoms with Crippen LogP contribution in [0.1, 0.15) is 43.7 Å². The first-order chi connectivity index (χ1) is 17.8. The smallest absolute Gasteiger partial charge is 0.336 e. The van der Waals surface area contributed by atoms with Crippen LogP contribution in [0.5, 0.6) is 0 Å². The van der Waals surface area contributed by atoms with E-state index in [0.29, 0.717) is 23.5 Å². The summed E-state index contributed by atoms with van der Waals surface area (Å²) in [5.74, 6) is -2.85. The molecule has 2 aliphatic rings. The van der Waals surface area contributed by atoms with Crippen LogP contribution in [0.4, 0.5) is 5.69 Å². The van der Waals surface area contributed by atoms with Crippen LogP contribution < -0.4 is 0 Å². The fourth-order valence-electron chi connectivity index (χ4n) is 5.24. The highest BCUT2D eigenvalue weighted by atomic mass is 16.6. The summed E-state index contributed by atoms with van der Waals surface area (Å²) in [6.45, 7) is 5.66. The number of benzene rings is 2. The summed E-state index contributed by atoms with van der Waals surface area (Å²) in [5.41, 5.74) is 2.65. The molecular weight excluding hydrogens is 474 g/mol. The summed E-state index contributed by atoms with van der Waals surface area (Å²) < 4.78 is 11.0. The van der Waals surface area contributed by atoms with E-state index in [2.05, 4.69) is 22.0 Å². The van der Waals surface area contributed by atoms with E-state index < -0.39 is 28.7 Å². The first-order valence-corrected chi connectivity index (χ1v) is 12.3. The maximum atomic E-state index is 13.7. The highest BCUT2D eigenvalue weighted by Crippen LogP contribution is 2.41. The number of nitro benzene ring substituents is 1. The van der Waals surface area contributed by atoms with Gasteiger partial charge >= 0.3 is 11.9 Å². The molecule has 1 saturated heterocycles. The Morgan fingerprint density at radius 2 is 1.89 bits per heavy atom. The van der Waals surface area contributed by atoms with Gasteiger partial charge in [0, 0.05) is 42.5 Å². The Morgan fingerprint density at radius 1 is 1.14 bits per heavy atom. The van der Waals surface area contributed by atoms with Gasteiger partial charge in [-0.2, -0.15) is 0 Å². The molecule has 0 bridgehead atoms. The number of carbonyl (C=O) groups is 2. The minimum absolute atomic E-state index is 0.129. The molecule has 0 aliphatic carbocycles. The van der Waals surface area contributed by atoms with Crippen LogP contribution in [0.15, 0.2) is 70.9 Å². The predicted octanol–water partition coefficient (Wildman–Crippen LogP) is 4.42. The number of hydrogen-bond acceptors (Lipinski definition) is 8. The van der Waals surface area contributed by atoms with Crippen molar-refractivity contribution in [1.82, 2.24) is 4.90 Å². The molecule has 2 aliphatic heterocycles. The number of nitro groups is 1. The first kappa shape index (κ1) is 26.2. The SMILES string of the molecule is COC(=O)C1C(C)=NC(C)=C(C(=O)O[C@@H]2CCCN(Cc3ccccc3)C2)C1c1cccc([N+](=O)[O-])c1. The maximum Gasteiger partial charge on any atom is 0.336 e. The minimum Gasteiger partial charge on any atom is -0.468 e. The van der Waals surface area contributed by atoms with Crippen molar-refractivity contribution in [3.63, 3.8) is 0 Å². The van der Waals surface area contributed by atoms with E-state index in [1.54, 1.807) is 26.0 Å². The molecule has 9 heteroatoms. The lowest BCUT2D eigenvalue weighted by Crippen LogP contribution is -2.41. The Kier molecular flexibility index (Phi) is 8.13. The summed E-state index contributed by atoms with van der Waals surface area (Å²) >= 11 is 0. The van der Waals surface area contributed by atoms with Gasteiger partial charge < -0.3 is 9.47 Å². The third kappa shape index (κ3) is 5.94. The molecule has 1 fully saturated rings. The Morgan fingerprint density at radius 3 is 2.59 bits per heavy atom. The molecule has 4 rings (SSSR count). The predicted molar refractivity (Wildman–Crippen MR) is 138 cm³/mol. The molecule has 0 aromatic heterocycles. The van der Waals surface area contributed by atoms with E-state index in [4.69, 9.17) is 9.47 Å². The summed E-state index contributed by atoms with van der Waals surface area (Å²) in [5, 5.41) is 11.5. The van der Waals surface area contributed by atoms with E-state index in [1.165, 1.54) is 24.8 Å². The number of aliphatic imine (C=N–C) groups is 1. The molecule has 2 aromatic rings. The summed E-state index contributed by atoms with van der Waals surface area (Å²) in [7, 11) is 1.27. The molecule has 0 spiro atoms. The molecule has 0 amide bonds. The van der Waals surface area contributed by atoms with Crippen molar-refractivity contribution in [2.24, 2.45) is 10.9 Å². The van der Waals surface area contributed by atoms with Crippen LogP contribution >= 0.6 is 0 Å². The zero-order valence-corrected chi connectivity index (χ0v) is 21.3. The number of esters is 2. The molecule has 9 nitrogen and oxygen atoms in total. The number of methoxy groups -OCH3 is 1. The van der Waals surface area contributed by atoms with Gasteiger partial charge in [-0.3, -0.25) is 24.8 Å². The first-order valence-electron chi connectivity index (χ1n) is 12.3. The molecule has 37 heavy (non-hydrogen) atoms. The van der Waals surface area contributed by atoms with Crippen molar-refractivity contribution in [3.05, 3.63) is 87.1 Å². The van der Waals surface area contributed by atoms with Gasteiger partial charge in [0.15, 0.2) is 0 Å². The number of likely N-dealkylation sites (tertiary alicyclic amines) is 1. The summed E-state index contributed by atoms with van der Waals surface area (Å²) in [6, 6.07) is 16.1. The monoisotopic (exact) mass is 505 g/mol. The van der Waals surface area contributed by atoms with Gasteiger partial charge in [0.1, 0.15) is 12.0 Å². The maximum absolute atomic E-state index is 13.7. The largest absolute Gasteiger partial charge is 0.468 e. The number of piperidine rings is 1. The summed E-state index contributed by atoms with van der Waals surface area (Å²) in [6.07, 6.45) is 1.30. The van der Waals surface area contributed by atoms with Gasteiger partial charge in [-0.05, 0) is 44.4 Å². The second kappa shape index (κ2) is 11.5. The molecule has 0 saturated carbocycles. The molecule has 0 radical (unpaired) electrons. The van der Waals surface area contributed by atoms with Crippen molar-refractivity contribution in [3.8, 4) is 0 Å². The molecule has 2 heterocycles. The third-order valence-corrected chi connectivity index (χ3v) is 6.93. The second-order valence-electron chi connectivity index (χ2n) is 9.47. The van der Waals surface area contributed by atoms with Crippen LogP contribution in [-0.4, -0.2) is 53.8 Å². The standard InChI is InChI=1S/C28H31N3O6/c1-18-24(27(32)36-3)26(21-11-7-12-22(15-21)31(34)35)25(19(2)29-18)28(33)37-23-13-8-14-30(17-23)16-20-9-5-4-6-10-20/h4-7,9-12,15,23-24,26H,8,13-14,16-17H2,1-3H3/t23-,24?,26?/m1/s1. The lowest BCUT2D eigenvalue weighted by atomic mass is 9.75. The number of carbonyl (C=O) groups excluding carboxylic acids is 2. The summed E-state index contributed by atoms with van der Waals surface area (Å²) in [4.78, 5) is 44.2. The van der Waals surface area contributed by atoms with E-state index in [0.717, 1.165) is 25.9 Å². The van der Waals surface area contributed by atoms with Gasteiger partial charge in [-0.1, -0.05) is 42.5 Å². The van der Waals surface area contributed by atoms with Crippen molar-refractivity contribution in [2.45, 2.75) is 45.3 Å². The van der Waals surface area contributed by atoms with Crippen LogP contribution in [0.25, 0.3) is 0 Å². The molecule has 0 N–H and O–H groups in total. The van der Waals surface area contributed by atoms with E-state index in [1.807, 2.05) is 18.2 Å². The second-order valence-corrected chi connectivity index (χ2v) is 9.47. The molecule has 194 valence electrons. The van der Waals surface area contributed by atoms with Crippen molar-refractivity contribution in [1.29, 1.82) is 0 Å². The number of rotatable bonds is 7. The van der Waals surface area contributed by atoms with Crippen molar-refractivity contribution < 1.29 is 24.0 Å². The van der Waals surface area contributed by atoms with Crippen LogP contribution in [-0.2, 0) is 25.6 Å². The Hall–Kier alpha value is -3.85. The van der Waals surface area contributed by atoms with Crippen LogP contribution in [0.3, 0.4) is 0 Å². The van der Waals surface area contributed by atoms with Gasteiger partial charge in [-0.25, -0.2) is 4.79 Å². The number of allylic oxidation sites excluding steroid dienone is 1. The number of hydrogen-bond donors (Lipinski definition) is 0. The van der Waals surface area contributed by atoms with E-state index in [-0.39, 0.29) is 17.4 Å². The topological polar surface area (TPSA) is 111 Å². The molecular formula is C28H31N3O6. The van der Waals surface area contributed by atoms with E-state index in [9.17, 15) is 19.7 Å². The van der Waals surface area contributed by atoms with Gasteiger partial charge in [-0.15, -0.1) is 0 Å². The lowest BCUT2D eigenvalue weighted by Gasteiger charge is -2.35. The highest BCUT2D eigenvalue weighted by Gasteiger charge is 2.43. The minimum atomic E-state index is -0.904. The van der Waals surface area contributed by atoms with Crippen molar-refractivity contribution in [2.75, 3.05) is 20.2 Å². The van der Waals surface area contributed by atoms with Crippen molar-refractivity contribution >= 4 is 23.3 Å². The average Bonchev–Trinajstić information content (AvgIpc) is 2.88. The Bertz CT molecular complexity index is 1240.